The Morgan fingerprint density at radius 3 is 1.88 bits per heavy atom. The van der Waals surface area contributed by atoms with Gasteiger partial charge in [-0.1, -0.05) is 56.9 Å². The normalized spacial score (nSPS) is 15.9. The van der Waals surface area contributed by atoms with Crippen LogP contribution in [0.4, 0.5) is 0 Å². The Bertz CT molecular complexity index is 801. The molecule has 2 aromatic rings. The predicted molar refractivity (Wildman–Crippen MR) is 125 cm³/mol. The first-order valence-corrected chi connectivity index (χ1v) is 11.7. The first-order chi connectivity index (χ1) is 16.2. The molecule has 0 radical (unpaired) electrons. The molecule has 3 rings (SSSR count). The fraction of sp³-hybridized carbons (Fsp3) is 0.500. The minimum atomic E-state index is -0.974. The third-order valence-electron chi connectivity index (χ3n) is 5.30. The lowest BCUT2D eigenvalue weighted by atomic mass is 10.1. The average molecular weight is 459 g/mol. The molecule has 1 aliphatic heterocycles. The van der Waals surface area contributed by atoms with E-state index < -0.39 is 18.2 Å². The van der Waals surface area contributed by atoms with E-state index in [1.165, 1.54) is 0 Å². The van der Waals surface area contributed by atoms with E-state index in [1.807, 2.05) is 48.5 Å². The van der Waals surface area contributed by atoms with Gasteiger partial charge in [0.05, 0.1) is 13.2 Å². The zero-order valence-electron chi connectivity index (χ0n) is 19.2. The summed E-state index contributed by atoms with van der Waals surface area (Å²) in [6, 6.07) is 14.8. The molecule has 1 unspecified atom stereocenters. The molecule has 0 bridgehead atoms. The molecule has 7 heteroatoms. The first kappa shape index (κ1) is 24.7. The van der Waals surface area contributed by atoms with Crippen LogP contribution in [0, 0.1) is 0 Å². The van der Waals surface area contributed by atoms with Gasteiger partial charge in [0.2, 0.25) is 0 Å². The van der Waals surface area contributed by atoms with Crippen molar-refractivity contribution in [1.82, 2.24) is 0 Å². The van der Waals surface area contributed by atoms with Crippen molar-refractivity contribution in [3.8, 4) is 23.0 Å². The van der Waals surface area contributed by atoms with Crippen molar-refractivity contribution in [2.75, 3.05) is 26.4 Å². The molecule has 0 aromatic heterocycles. The van der Waals surface area contributed by atoms with Crippen LogP contribution in [0.2, 0.25) is 0 Å². The van der Waals surface area contributed by atoms with E-state index >= 15 is 0 Å². The summed E-state index contributed by atoms with van der Waals surface area (Å²) in [7, 11) is 0. The highest BCUT2D eigenvalue weighted by molar-refractivity contribution is 5.72. The van der Waals surface area contributed by atoms with Crippen molar-refractivity contribution in [2.24, 2.45) is 0 Å². The highest BCUT2D eigenvalue weighted by Crippen LogP contribution is 2.29. The predicted octanol–water partition coefficient (Wildman–Crippen LogP) is 5.11. The van der Waals surface area contributed by atoms with E-state index in [0.717, 1.165) is 25.7 Å². The van der Waals surface area contributed by atoms with E-state index in [-0.39, 0.29) is 13.2 Å². The highest BCUT2D eigenvalue weighted by atomic mass is 16.6. The quantitative estimate of drug-likeness (QED) is 0.550. The number of carboxylic acids is 1. The Balaban J connectivity index is 1.74. The van der Waals surface area contributed by atoms with Gasteiger partial charge >= 0.3 is 5.97 Å². The van der Waals surface area contributed by atoms with Crippen LogP contribution in [0.15, 0.2) is 48.5 Å². The summed E-state index contributed by atoms with van der Waals surface area (Å²) >= 11 is 0. The van der Waals surface area contributed by atoms with Gasteiger partial charge in [-0.3, -0.25) is 0 Å². The van der Waals surface area contributed by atoms with Crippen molar-refractivity contribution >= 4 is 5.97 Å². The van der Waals surface area contributed by atoms with Crippen molar-refractivity contribution < 1.29 is 33.6 Å². The zero-order chi connectivity index (χ0) is 23.3. The van der Waals surface area contributed by atoms with Crippen LogP contribution in [0.5, 0.6) is 23.0 Å². The highest BCUT2D eigenvalue weighted by Gasteiger charge is 2.25. The number of unbranched alkanes of at least 4 members (excludes halogenated alkanes) is 3. The fourth-order valence-electron chi connectivity index (χ4n) is 3.53. The molecule has 0 saturated heterocycles. The summed E-state index contributed by atoms with van der Waals surface area (Å²) in [5.41, 5.74) is 0. The zero-order valence-corrected chi connectivity index (χ0v) is 19.2. The number of para-hydroxylation sites is 4. The van der Waals surface area contributed by atoms with Crippen LogP contribution in [-0.4, -0.2) is 49.7 Å². The second-order valence-corrected chi connectivity index (χ2v) is 8.00. The largest absolute Gasteiger partial charge is 0.490 e. The Labute approximate surface area is 195 Å². The summed E-state index contributed by atoms with van der Waals surface area (Å²) < 4.78 is 29.8. The van der Waals surface area contributed by atoms with Gasteiger partial charge in [-0.2, -0.15) is 0 Å². The molecule has 0 aliphatic carbocycles. The third-order valence-corrected chi connectivity index (χ3v) is 5.30. The van der Waals surface area contributed by atoms with Gasteiger partial charge in [0.25, 0.3) is 0 Å². The maximum absolute atomic E-state index is 11.8. The van der Waals surface area contributed by atoms with Crippen LogP contribution >= 0.6 is 0 Å². The average Bonchev–Trinajstić information content (AvgIpc) is 2.83. The lowest BCUT2D eigenvalue weighted by Crippen LogP contribution is -2.36. The van der Waals surface area contributed by atoms with E-state index in [0.29, 0.717) is 49.1 Å². The molecular weight excluding hydrogens is 424 g/mol. The fourth-order valence-corrected chi connectivity index (χ4v) is 3.53. The molecule has 1 N–H and O–H groups in total. The van der Waals surface area contributed by atoms with Crippen LogP contribution < -0.4 is 18.9 Å². The van der Waals surface area contributed by atoms with Gasteiger partial charge in [0.15, 0.2) is 29.1 Å². The maximum atomic E-state index is 11.8. The number of carbonyl (C=O) groups is 1. The van der Waals surface area contributed by atoms with E-state index in [1.54, 1.807) is 0 Å². The summed E-state index contributed by atoms with van der Waals surface area (Å²) in [5, 5.41) is 9.71. The van der Waals surface area contributed by atoms with Crippen LogP contribution in [0.3, 0.4) is 0 Å². The molecule has 0 saturated carbocycles. The van der Waals surface area contributed by atoms with E-state index in [2.05, 4.69) is 6.92 Å². The molecule has 1 aliphatic rings. The number of rotatable bonds is 8. The van der Waals surface area contributed by atoms with Gasteiger partial charge < -0.3 is 28.8 Å². The minimum absolute atomic E-state index is 0.127. The summed E-state index contributed by atoms with van der Waals surface area (Å²) in [6.07, 6.45) is 3.58. The summed E-state index contributed by atoms with van der Waals surface area (Å²) in [6.45, 7) is 3.33. The van der Waals surface area contributed by atoms with E-state index in [9.17, 15) is 9.90 Å². The molecule has 0 amide bonds. The van der Waals surface area contributed by atoms with Crippen LogP contribution in [0.25, 0.3) is 0 Å². The molecule has 180 valence electrons. The molecule has 7 nitrogen and oxygen atoms in total. The molecule has 1 heterocycles. The van der Waals surface area contributed by atoms with Gasteiger partial charge in [-0.25, -0.2) is 4.79 Å². The number of benzene rings is 2. The molecule has 33 heavy (non-hydrogen) atoms. The minimum Gasteiger partial charge on any atom is -0.490 e. The Morgan fingerprint density at radius 1 is 0.879 bits per heavy atom. The number of fused-ring (bicyclic) bond motifs is 2. The number of hydrogen-bond donors (Lipinski definition) is 1. The smallest absolute Gasteiger partial charge is 0.332 e. The maximum Gasteiger partial charge on any atom is 0.332 e. The van der Waals surface area contributed by atoms with Crippen molar-refractivity contribution in [2.45, 2.75) is 57.7 Å². The van der Waals surface area contributed by atoms with Gasteiger partial charge in [0.1, 0.15) is 19.3 Å². The lowest BCUT2D eigenvalue weighted by molar-refractivity contribution is -0.157. The van der Waals surface area contributed by atoms with Crippen LogP contribution in [0.1, 0.15) is 45.4 Å². The molecule has 2 aromatic carbocycles. The second-order valence-electron chi connectivity index (χ2n) is 8.00. The molecule has 0 fully saturated rings. The number of hydrogen-bond acceptors (Lipinski definition) is 6. The van der Waals surface area contributed by atoms with E-state index in [4.69, 9.17) is 23.7 Å². The number of ether oxygens (including phenoxy) is 5. The SMILES string of the molecule is CCCCCCC(OC1COc2ccccc2OCCCOc2ccccc2OC1)C(=O)O. The number of carboxylic acid groups (broad SMARTS) is 1. The Morgan fingerprint density at radius 2 is 1.39 bits per heavy atom. The molecular formula is C26H34O7. The van der Waals surface area contributed by atoms with Crippen molar-refractivity contribution in [1.29, 1.82) is 0 Å². The van der Waals surface area contributed by atoms with Crippen molar-refractivity contribution in [3.05, 3.63) is 48.5 Å². The number of aliphatic carboxylic acids is 1. The topological polar surface area (TPSA) is 83.5 Å². The van der Waals surface area contributed by atoms with Gasteiger partial charge in [-0.15, -0.1) is 0 Å². The van der Waals surface area contributed by atoms with Gasteiger partial charge in [0, 0.05) is 6.42 Å². The summed E-state index contributed by atoms with van der Waals surface area (Å²) in [4.78, 5) is 11.8. The lowest BCUT2D eigenvalue weighted by Gasteiger charge is -2.24. The Hall–Kier alpha value is -2.93. The van der Waals surface area contributed by atoms with Crippen molar-refractivity contribution in [3.63, 3.8) is 0 Å². The Kier molecular flexibility index (Phi) is 10.2. The molecule has 1 atom stereocenters. The standard InChI is InChI=1S/C26H34O7/c1-2-3-4-5-15-25(26(27)28)33-20-18-31-23-13-8-6-11-21(23)29-16-10-17-30-22-12-7-9-14-24(22)32-19-20/h6-9,11-14,20,25H,2-5,10,15-19H2,1H3,(H,27,28). The second kappa shape index (κ2) is 13.6. The summed E-state index contributed by atoms with van der Waals surface area (Å²) in [5.74, 6) is 1.45. The third kappa shape index (κ3) is 8.17. The van der Waals surface area contributed by atoms with Crippen LogP contribution in [-0.2, 0) is 9.53 Å². The molecule has 0 spiro atoms. The monoisotopic (exact) mass is 458 g/mol. The van der Waals surface area contributed by atoms with Gasteiger partial charge in [-0.05, 0) is 30.7 Å². The first-order valence-electron chi connectivity index (χ1n) is 11.7.